The van der Waals surface area contributed by atoms with E-state index in [0.29, 0.717) is 35.0 Å². The van der Waals surface area contributed by atoms with Crippen molar-refractivity contribution >= 4 is 65.0 Å². The zero-order valence-corrected chi connectivity index (χ0v) is 33.0. The van der Waals surface area contributed by atoms with Crippen LogP contribution in [0.4, 0.5) is 14.6 Å². The van der Waals surface area contributed by atoms with Crippen molar-refractivity contribution in [3.8, 4) is 23.0 Å². The molecule has 12 nitrogen and oxygen atoms in total. The van der Waals surface area contributed by atoms with Gasteiger partial charge in [0, 0.05) is 29.6 Å². The molecule has 2 N–H and O–H groups in total. The van der Waals surface area contributed by atoms with Gasteiger partial charge in [-0.2, -0.15) is 10.2 Å². The number of aryl methyl sites for hydroxylation is 1. The molecule has 1 saturated carbocycles. The molecule has 1 aliphatic carbocycles. The van der Waals surface area contributed by atoms with Crippen LogP contribution in [0, 0.1) is 23.5 Å². The number of nitrogens with zero attached hydrogens (tertiary/aromatic N) is 5. The number of amides is 1. The van der Waals surface area contributed by atoms with Crippen molar-refractivity contribution in [2.75, 3.05) is 11.0 Å². The van der Waals surface area contributed by atoms with Crippen LogP contribution in [-0.2, 0) is 44.7 Å². The molecule has 7 rings (SSSR count). The summed E-state index contributed by atoms with van der Waals surface area (Å²) in [5, 5.41) is 12.6. The number of rotatable bonds is 11. The monoisotopic (exact) mass is 819 g/mol. The Kier molecular flexibility index (Phi) is 10.1. The summed E-state index contributed by atoms with van der Waals surface area (Å²) in [6.07, 6.45) is 3.63. The highest BCUT2D eigenvalue weighted by molar-refractivity contribution is 7.93. The van der Waals surface area contributed by atoms with Crippen LogP contribution >= 0.6 is 11.6 Å². The fourth-order valence-electron chi connectivity index (χ4n) is 6.67. The molecule has 6 aromatic rings. The van der Waals surface area contributed by atoms with Gasteiger partial charge in [0.25, 0.3) is 0 Å². The number of sulfonamides is 1. The van der Waals surface area contributed by atoms with Gasteiger partial charge in [0.15, 0.2) is 15.7 Å². The molecule has 0 radical (unpaired) electrons. The number of sulfone groups is 1. The fourth-order valence-corrected chi connectivity index (χ4v) is 9.19. The third-order valence-corrected chi connectivity index (χ3v) is 13.2. The summed E-state index contributed by atoms with van der Waals surface area (Å²) in [7, 11) is -5.73. The van der Waals surface area contributed by atoms with E-state index in [1.165, 1.54) is 9.36 Å². The maximum atomic E-state index is 14.6. The van der Waals surface area contributed by atoms with Crippen molar-refractivity contribution in [3.63, 3.8) is 0 Å². The number of benzene rings is 3. The summed E-state index contributed by atoms with van der Waals surface area (Å²) < 4.78 is 84.2. The predicted molar refractivity (Wildman–Crippen MR) is 211 cm³/mol. The summed E-state index contributed by atoms with van der Waals surface area (Å²) >= 11 is 6.65. The number of fused-ring (bicyclic) bond motifs is 2. The Hall–Kier alpha value is -5.37. The van der Waals surface area contributed by atoms with Gasteiger partial charge in [-0.15, -0.1) is 0 Å². The molecule has 0 bridgehead atoms. The van der Waals surface area contributed by atoms with Crippen molar-refractivity contribution in [3.05, 3.63) is 107 Å². The van der Waals surface area contributed by atoms with E-state index in [1.807, 2.05) is 24.3 Å². The van der Waals surface area contributed by atoms with Gasteiger partial charge >= 0.3 is 0 Å². The Morgan fingerprint density at radius 2 is 1.71 bits per heavy atom. The molecule has 0 aliphatic heterocycles. The van der Waals surface area contributed by atoms with Crippen LogP contribution in [0.2, 0.25) is 5.02 Å². The van der Waals surface area contributed by atoms with Gasteiger partial charge in [-0.3, -0.25) is 18.9 Å². The lowest BCUT2D eigenvalue weighted by Gasteiger charge is -2.23. The lowest BCUT2D eigenvalue weighted by atomic mass is 9.93. The van der Waals surface area contributed by atoms with Crippen molar-refractivity contribution in [1.29, 1.82) is 0 Å². The maximum absolute atomic E-state index is 14.6. The highest BCUT2D eigenvalue weighted by Gasteiger charge is 2.45. The molecule has 1 aliphatic rings. The second-order valence-electron chi connectivity index (χ2n) is 14.3. The Morgan fingerprint density at radius 1 is 1.02 bits per heavy atom. The second-order valence-corrected chi connectivity index (χ2v) is 19.2. The normalized spacial score (nSPS) is 14.1. The number of hydrogen-bond donors (Lipinski definition) is 2. The number of hydrogen-bond acceptors (Lipinski definition) is 8. The summed E-state index contributed by atoms with van der Waals surface area (Å²) in [6, 6.07) is 15.9. The molecule has 0 saturated heterocycles. The Morgan fingerprint density at radius 3 is 2.41 bits per heavy atom. The largest absolute Gasteiger partial charge is 0.346 e. The molecule has 3 heterocycles. The molecular weight excluding hydrogens is 784 g/mol. The summed E-state index contributed by atoms with van der Waals surface area (Å²) in [5.74, 6) is 3.66. The van der Waals surface area contributed by atoms with E-state index in [1.54, 1.807) is 51.4 Å². The summed E-state index contributed by atoms with van der Waals surface area (Å²) in [4.78, 5) is 18.8. The predicted octanol–water partition coefficient (Wildman–Crippen LogP) is 6.10. The van der Waals surface area contributed by atoms with Crippen molar-refractivity contribution in [2.45, 2.75) is 55.7 Å². The second kappa shape index (κ2) is 14.6. The SMILES string of the molecule is Cn1nc(NS(C)(=O)=O)c2c(Cl)ccc(-c3ccc(C#CC(C)(C)S(=O)(=O)C4CC4)nc3[C@H](Cc3cc(F)cc(F)c3)NC(=O)Cn3ncc4ccccc43)c21. The zero-order valence-electron chi connectivity index (χ0n) is 30.6. The minimum atomic E-state index is -3.77. The smallest absolute Gasteiger partial charge is 0.242 e. The van der Waals surface area contributed by atoms with Crippen LogP contribution in [-0.4, -0.2) is 63.5 Å². The van der Waals surface area contributed by atoms with Crippen LogP contribution in [0.1, 0.15) is 49.7 Å². The van der Waals surface area contributed by atoms with Gasteiger partial charge in [0.05, 0.1) is 50.9 Å². The number of carbonyl (C=O) groups excluding carboxylic acids is 1. The molecule has 1 amide bonds. The third-order valence-electron chi connectivity index (χ3n) is 9.47. The van der Waals surface area contributed by atoms with E-state index < -0.39 is 53.4 Å². The molecule has 290 valence electrons. The molecule has 0 unspecified atom stereocenters. The lowest BCUT2D eigenvalue weighted by Crippen LogP contribution is -2.34. The van der Waals surface area contributed by atoms with E-state index in [0.717, 1.165) is 29.8 Å². The van der Waals surface area contributed by atoms with Crippen molar-refractivity contribution in [2.24, 2.45) is 7.05 Å². The van der Waals surface area contributed by atoms with Crippen LogP contribution in [0.3, 0.4) is 0 Å². The average Bonchev–Trinajstić information content (AvgIpc) is 3.84. The first-order valence-electron chi connectivity index (χ1n) is 17.5. The zero-order chi connectivity index (χ0) is 40.2. The van der Waals surface area contributed by atoms with Gasteiger partial charge in [0.1, 0.15) is 28.6 Å². The first kappa shape index (κ1) is 38.9. The number of pyridine rings is 1. The van der Waals surface area contributed by atoms with Gasteiger partial charge < -0.3 is 5.32 Å². The van der Waals surface area contributed by atoms with Gasteiger partial charge in [0.2, 0.25) is 15.9 Å². The standard InChI is InChI=1S/C39H36ClF2N7O5S2/c1-39(2,56(53,54)28-10-11-28)16-15-27-9-12-29(30-13-14-31(40)35-37(30)48(3)46-38(35)47-55(4,51)52)36(44-27)32(19-23-17-25(41)20-26(42)18-23)45-34(50)22-49-33-8-6-5-7-24(33)21-43-49/h5-9,12-14,17-18,20-21,28,32H,10-11,19,22H2,1-4H3,(H,45,50)(H,46,47)/t32-/m0/s1. The number of para-hydroxylation sites is 1. The van der Waals surface area contributed by atoms with E-state index in [4.69, 9.17) is 16.6 Å². The molecule has 3 aromatic heterocycles. The van der Waals surface area contributed by atoms with Gasteiger partial charge in [-0.1, -0.05) is 41.8 Å². The number of nitrogens with one attached hydrogen (secondary N) is 2. The minimum absolute atomic E-state index is 0.0144. The lowest BCUT2D eigenvalue weighted by molar-refractivity contribution is -0.122. The number of carbonyl (C=O) groups is 1. The van der Waals surface area contributed by atoms with E-state index in [9.17, 15) is 30.4 Å². The molecule has 56 heavy (non-hydrogen) atoms. The molecule has 0 spiro atoms. The van der Waals surface area contributed by atoms with Gasteiger partial charge in [-0.25, -0.2) is 30.6 Å². The first-order chi connectivity index (χ1) is 26.4. The topological polar surface area (TPSA) is 158 Å². The number of anilines is 1. The molecule has 1 fully saturated rings. The quantitative estimate of drug-likeness (QED) is 0.149. The highest BCUT2D eigenvalue weighted by atomic mass is 35.5. The van der Waals surface area contributed by atoms with E-state index in [-0.39, 0.29) is 46.1 Å². The summed E-state index contributed by atoms with van der Waals surface area (Å²) in [6.45, 7) is 2.87. The third kappa shape index (κ3) is 7.97. The molecule has 17 heteroatoms. The Bertz CT molecular complexity index is 2820. The van der Waals surface area contributed by atoms with Crippen LogP contribution in [0.5, 0.6) is 0 Å². The molecular formula is C39H36ClF2N7O5S2. The molecule has 1 atom stereocenters. The minimum Gasteiger partial charge on any atom is -0.346 e. The molecule has 3 aromatic carbocycles. The van der Waals surface area contributed by atoms with Crippen LogP contribution in [0.15, 0.2) is 72.9 Å². The van der Waals surface area contributed by atoms with Crippen molar-refractivity contribution in [1.82, 2.24) is 29.9 Å². The Labute approximate surface area is 327 Å². The van der Waals surface area contributed by atoms with Gasteiger partial charge in [-0.05, 0) is 81.0 Å². The average molecular weight is 820 g/mol. The maximum Gasteiger partial charge on any atom is 0.242 e. The summed E-state index contributed by atoms with van der Waals surface area (Å²) in [5.41, 5.74) is 2.60. The van der Waals surface area contributed by atoms with Crippen LogP contribution in [0.25, 0.3) is 32.9 Å². The number of aromatic nitrogens is 5. The number of halogens is 3. The van der Waals surface area contributed by atoms with E-state index in [2.05, 4.69) is 32.1 Å². The highest BCUT2D eigenvalue weighted by Crippen LogP contribution is 2.40. The first-order valence-corrected chi connectivity index (χ1v) is 21.3. The van der Waals surface area contributed by atoms with E-state index >= 15 is 0 Å². The Balaban J connectivity index is 1.41. The van der Waals surface area contributed by atoms with Crippen molar-refractivity contribution < 1.29 is 30.4 Å². The fraction of sp³-hybridized carbons (Fsp3) is 0.282. The van der Waals surface area contributed by atoms with Crippen LogP contribution < -0.4 is 10.0 Å².